The molecule has 0 spiro atoms. The third-order valence-corrected chi connectivity index (χ3v) is 1.03. The Morgan fingerprint density at radius 1 is 1.70 bits per heavy atom. The second-order valence-corrected chi connectivity index (χ2v) is 1.82. The molecule has 0 radical (unpaired) electrons. The van der Waals surface area contributed by atoms with Crippen LogP contribution < -0.4 is 5.32 Å². The van der Waals surface area contributed by atoms with Gasteiger partial charge in [-0.2, -0.15) is 0 Å². The van der Waals surface area contributed by atoms with E-state index in [-0.39, 0.29) is 11.7 Å². The van der Waals surface area contributed by atoms with Gasteiger partial charge in [0.1, 0.15) is 5.82 Å². The summed E-state index contributed by atoms with van der Waals surface area (Å²) < 4.78 is 0. The van der Waals surface area contributed by atoms with Gasteiger partial charge in [-0.3, -0.25) is 9.89 Å². The SMILES string of the molecule is CNC(=O)c1n[nH]c(C)n1. The summed E-state index contributed by atoms with van der Waals surface area (Å²) in [6.07, 6.45) is 0. The van der Waals surface area contributed by atoms with Crippen LogP contribution in [0.1, 0.15) is 16.4 Å². The van der Waals surface area contributed by atoms with Crippen molar-refractivity contribution in [3.05, 3.63) is 11.6 Å². The van der Waals surface area contributed by atoms with Crippen LogP contribution >= 0.6 is 0 Å². The van der Waals surface area contributed by atoms with Crippen molar-refractivity contribution >= 4 is 5.91 Å². The zero-order valence-corrected chi connectivity index (χ0v) is 5.80. The maximum absolute atomic E-state index is 10.8. The number of carbonyl (C=O) groups is 1. The summed E-state index contributed by atoms with van der Waals surface area (Å²) in [6.45, 7) is 1.74. The predicted molar refractivity (Wildman–Crippen MR) is 34.5 cm³/mol. The Balaban J connectivity index is 2.85. The topological polar surface area (TPSA) is 70.7 Å². The van der Waals surface area contributed by atoms with E-state index >= 15 is 0 Å². The van der Waals surface area contributed by atoms with E-state index in [4.69, 9.17) is 0 Å². The van der Waals surface area contributed by atoms with E-state index in [9.17, 15) is 4.79 Å². The summed E-state index contributed by atoms with van der Waals surface area (Å²) in [6, 6.07) is 0. The summed E-state index contributed by atoms with van der Waals surface area (Å²) in [5, 5.41) is 8.61. The molecule has 0 aliphatic heterocycles. The molecule has 0 saturated carbocycles. The van der Waals surface area contributed by atoms with Crippen LogP contribution in [0.25, 0.3) is 0 Å². The molecular formula is C5H8N4O. The Morgan fingerprint density at radius 2 is 2.40 bits per heavy atom. The highest BCUT2D eigenvalue weighted by Gasteiger charge is 2.06. The number of H-pyrrole nitrogens is 1. The summed E-state index contributed by atoms with van der Waals surface area (Å²) >= 11 is 0. The molecule has 5 nitrogen and oxygen atoms in total. The van der Waals surface area contributed by atoms with Crippen LogP contribution in [0.5, 0.6) is 0 Å². The largest absolute Gasteiger partial charge is 0.352 e. The van der Waals surface area contributed by atoms with E-state index in [2.05, 4.69) is 20.5 Å². The summed E-state index contributed by atoms with van der Waals surface area (Å²) in [5.74, 6) is 0.544. The lowest BCUT2D eigenvalue weighted by molar-refractivity contribution is 0.0953. The molecule has 1 amide bonds. The number of nitrogens with one attached hydrogen (secondary N) is 2. The molecule has 0 aromatic carbocycles. The smallest absolute Gasteiger partial charge is 0.290 e. The van der Waals surface area contributed by atoms with Gasteiger partial charge in [0.25, 0.3) is 5.91 Å². The van der Waals surface area contributed by atoms with Gasteiger partial charge in [-0.1, -0.05) is 0 Å². The number of aryl methyl sites for hydroxylation is 1. The lowest BCUT2D eigenvalue weighted by atomic mass is 10.6. The minimum atomic E-state index is -0.274. The average molecular weight is 140 g/mol. The van der Waals surface area contributed by atoms with Crippen LogP contribution in [-0.4, -0.2) is 28.1 Å². The molecule has 0 atom stereocenters. The zero-order chi connectivity index (χ0) is 7.56. The number of rotatable bonds is 1. The lowest BCUT2D eigenvalue weighted by Crippen LogP contribution is -2.19. The van der Waals surface area contributed by atoms with Crippen LogP contribution in [-0.2, 0) is 0 Å². The van der Waals surface area contributed by atoms with Crippen molar-refractivity contribution in [1.29, 1.82) is 0 Å². The number of aromatic nitrogens is 3. The van der Waals surface area contributed by atoms with Crippen molar-refractivity contribution in [2.75, 3.05) is 7.05 Å². The third kappa shape index (κ3) is 1.12. The van der Waals surface area contributed by atoms with Crippen LogP contribution in [0.2, 0.25) is 0 Å². The van der Waals surface area contributed by atoms with E-state index in [0.29, 0.717) is 5.82 Å². The molecule has 0 bridgehead atoms. The van der Waals surface area contributed by atoms with E-state index in [1.165, 1.54) is 7.05 Å². The van der Waals surface area contributed by atoms with Crippen molar-refractivity contribution in [3.8, 4) is 0 Å². The Labute approximate surface area is 57.9 Å². The molecule has 0 unspecified atom stereocenters. The molecule has 0 aliphatic rings. The van der Waals surface area contributed by atoms with Crippen LogP contribution in [0.3, 0.4) is 0 Å². The molecular weight excluding hydrogens is 132 g/mol. The van der Waals surface area contributed by atoms with E-state index < -0.39 is 0 Å². The fraction of sp³-hybridized carbons (Fsp3) is 0.400. The van der Waals surface area contributed by atoms with Gasteiger partial charge in [0.15, 0.2) is 0 Å². The van der Waals surface area contributed by atoms with Gasteiger partial charge in [0.05, 0.1) is 0 Å². The maximum Gasteiger partial charge on any atom is 0.290 e. The van der Waals surface area contributed by atoms with Gasteiger partial charge < -0.3 is 5.32 Å². The minimum Gasteiger partial charge on any atom is -0.352 e. The third-order valence-electron chi connectivity index (χ3n) is 1.03. The minimum absolute atomic E-state index is 0.181. The number of hydrogen-bond donors (Lipinski definition) is 2. The number of carbonyl (C=O) groups excluding carboxylic acids is 1. The van der Waals surface area contributed by atoms with E-state index in [0.717, 1.165) is 0 Å². The first-order valence-electron chi connectivity index (χ1n) is 2.85. The molecule has 0 fully saturated rings. The molecule has 10 heavy (non-hydrogen) atoms. The molecule has 2 N–H and O–H groups in total. The molecule has 1 aromatic rings. The molecule has 0 aliphatic carbocycles. The maximum atomic E-state index is 10.8. The van der Waals surface area contributed by atoms with Gasteiger partial charge in [-0.15, -0.1) is 5.10 Å². The second kappa shape index (κ2) is 2.47. The normalized spacial score (nSPS) is 9.40. The number of nitrogens with zero attached hydrogens (tertiary/aromatic N) is 2. The van der Waals surface area contributed by atoms with Crippen molar-refractivity contribution in [2.24, 2.45) is 0 Å². The average Bonchev–Trinajstić information content (AvgIpc) is 2.34. The highest BCUT2D eigenvalue weighted by molar-refractivity contribution is 5.89. The highest BCUT2D eigenvalue weighted by Crippen LogP contribution is 1.88. The first-order valence-corrected chi connectivity index (χ1v) is 2.85. The number of amides is 1. The number of hydrogen-bond acceptors (Lipinski definition) is 3. The van der Waals surface area contributed by atoms with Crippen molar-refractivity contribution in [1.82, 2.24) is 20.5 Å². The Bertz CT molecular complexity index is 242. The molecule has 1 heterocycles. The summed E-state index contributed by atoms with van der Waals surface area (Å²) in [4.78, 5) is 14.6. The van der Waals surface area contributed by atoms with Crippen LogP contribution in [0.4, 0.5) is 0 Å². The van der Waals surface area contributed by atoms with E-state index in [1.807, 2.05) is 0 Å². The van der Waals surface area contributed by atoms with E-state index in [1.54, 1.807) is 6.92 Å². The van der Waals surface area contributed by atoms with Gasteiger partial charge in [0, 0.05) is 7.05 Å². The predicted octanol–water partition coefficient (Wildman–Crippen LogP) is -0.527. The van der Waals surface area contributed by atoms with Crippen molar-refractivity contribution in [3.63, 3.8) is 0 Å². The molecule has 0 saturated heterocycles. The van der Waals surface area contributed by atoms with Crippen LogP contribution in [0.15, 0.2) is 0 Å². The zero-order valence-electron chi connectivity index (χ0n) is 5.80. The molecule has 1 aromatic heterocycles. The second-order valence-electron chi connectivity index (χ2n) is 1.82. The highest BCUT2D eigenvalue weighted by atomic mass is 16.2. The van der Waals surface area contributed by atoms with Gasteiger partial charge in [0.2, 0.25) is 5.82 Å². The standard InChI is InChI=1S/C5H8N4O/c1-3-7-4(9-8-3)5(10)6-2/h1-2H3,(H,6,10)(H,7,8,9). The monoisotopic (exact) mass is 140 g/mol. The molecule has 1 rings (SSSR count). The first-order chi connectivity index (χ1) is 4.74. The van der Waals surface area contributed by atoms with Crippen LogP contribution in [0, 0.1) is 6.92 Å². The molecule has 54 valence electrons. The van der Waals surface area contributed by atoms with Gasteiger partial charge >= 0.3 is 0 Å². The van der Waals surface area contributed by atoms with Crippen molar-refractivity contribution in [2.45, 2.75) is 6.92 Å². The number of aromatic amines is 1. The summed E-state index contributed by atoms with van der Waals surface area (Å²) in [5.41, 5.74) is 0. The van der Waals surface area contributed by atoms with Crippen molar-refractivity contribution < 1.29 is 4.79 Å². The van der Waals surface area contributed by atoms with Gasteiger partial charge in [-0.05, 0) is 6.92 Å². The summed E-state index contributed by atoms with van der Waals surface area (Å²) in [7, 11) is 1.54. The fourth-order valence-electron chi connectivity index (χ4n) is 0.556. The Morgan fingerprint density at radius 3 is 2.80 bits per heavy atom. The van der Waals surface area contributed by atoms with Gasteiger partial charge in [-0.25, -0.2) is 4.98 Å². The Hall–Kier alpha value is -1.39. The first kappa shape index (κ1) is 6.73. The quantitative estimate of drug-likeness (QED) is 0.551. The molecule has 5 heteroatoms. The fourth-order valence-corrected chi connectivity index (χ4v) is 0.556. The lowest BCUT2D eigenvalue weighted by Gasteiger charge is -1.88. The Kier molecular flexibility index (Phi) is 1.66.